The number of amides is 1. The Balaban J connectivity index is 1.37. The molecule has 1 aromatic carbocycles. The highest BCUT2D eigenvalue weighted by Crippen LogP contribution is 2.60. The third kappa shape index (κ3) is 2.97. The summed E-state index contributed by atoms with van der Waals surface area (Å²) in [4.78, 5) is 18.3. The van der Waals surface area contributed by atoms with Crippen molar-refractivity contribution in [3.05, 3.63) is 29.8 Å². The highest BCUT2D eigenvalue weighted by molar-refractivity contribution is 5.83. The number of carbonyl (C=O) groups excluding carboxylic acids is 1. The predicted molar refractivity (Wildman–Crippen MR) is 106 cm³/mol. The van der Waals surface area contributed by atoms with E-state index in [-0.39, 0.29) is 11.5 Å². The molecular weight excluding hydrogens is 336 g/mol. The predicted octanol–water partition coefficient (Wildman–Crippen LogP) is 3.73. The van der Waals surface area contributed by atoms with E-state index in [2.05, 4.69) is 35.0 Å². The van der Waals surface area contributed by atoms with Crippen LogP contribution in [0, 0.1) is 23.2 Å². The first-order valence-electron chi connectivity index (χ1n) is 10.7. The number of methoxy groups -OCH3 is 1. The van der Waals surface area contributed by atoms with Crippen LogP contribution in [0.3, 0.4) is 0 Å². The molecule has 1 unspecified atom stereocenters. The van der Waals surface area contributed by atoms with Crippen LogP contribution >= 0.6 is 0 Å². The summed E-state index contributed by atoms with van der Waals surface area (Å²) in [6.07, 6.45) is 7.65. The van der Waals surface area contributed by atoms with E-state index >= 15 is 0 Å². The Morgan fingerprint density at radius 3 is 2.37 bits per heavy atom. The monoisotopic (exact) mass is 368 g/mol. The quantitative estimate of drug-likeness (QED) is 0.815. The fourth-order valence-corrected chi connectivity index (χ4v) is 6.97. The van der Waals surface area contributed by atoms with E-state index in [0.717, 1.165) is 62.4 Å². The van der Waals surface area contributed by atoms with Crippen LogP contribution in [0.1, 0.15) is 50.1 Å². The zero-order valence-corrected chi connectivity index (χ0v) is 16.7. The maximum atomic E-state index is 13.7. The molecule has 5 fully saturated rings. The molecule has 1 heterocycles. The van der Waals surface area contributed by atoms with Crippen molar-refractivity contribution >= 4 is 5.91 Å². The van der Waals surface area contributed by atoms with Gasteiger partial charge in [0.1, 0.15) is 5.75 Å². The highest BCUT2D eigenvalue weighted by Gasteiger charge is 2.55. The van der Waals surface area contributed by atoms with Crippen LogP contribution in [0.2, 0.25) is 0 Å². The van der Waals surface area contributed by atoms with E-state index in [4.69, 9.17) is 4.74 Å². The Labute approximate surface area is 162 Å². The van der Waals surface area contributed by atoms with Gasteiger partial charge in [-0.05, 0) is 81.0 Å². The average Bonchev–Trinajstić information content (AvgIpc) is 2.67. The lowest BCUT2D eigenvalue weighted by Crippen LogP contribution is -2.58. The minimum Gasteiger partial charge on any atom is -0.497 e. The first-order chi connectivity index (χ1) is 13.1. The smallest absolute Gasteiger partial charge is 0.228 e. The molecule has 4 bridgehead atoms. The lowest BCUT2D eigenvalue weighted by Gasteiger charge is -2.57. The number of hydrogen-bond acceptors (Lipinski definition) is 3. The second-order valence-electron chi connectivity index (χ2n) is 9.72. The Kier molecular flexibility index (Phi) is 4.23. The van der Waals surface area contributed by atoms with Crippen LogP contribution in [0.5, 0.6) is 5.75 Å². The van der Waals surface area contributed by atoms with Gasteiger partial charge >= 0.3 is 0 Å². The van der Waals surface area contributed by atoms with Gasteiger partial charge in [-0.25, -0.2) is 0 Å². The van der Waals surface area contributed by atoms with Gasteiger partial charge in [0.15, 0.2) is 0 Å². The van der Waals surface area contributed by atoms with Crippen molar-refractivity contribution in [2.45, 2.75) is 44.6 Å². The summed E-state index contributed by atoms with van der Waals surface area (Å²) < 4.78 is 5.42. The summed E-state index contributed by atoms with van der Waals surface area (Å²) in [5.74, 6) is 3.83. The van der Waals surface area contributed by atoms with Crippen molar-refractivity contribution in [2.75, 3.05) is 33.8 Å². The van der Waals surface area contributed by atoms with Crippen molar-refractivity contribution in [3.8, 4) is 5.75 Å². The van der Waals surface area contributed by atoms with Gasteiger partial charge in [-0.1, -0.05) is 12.1 Å². The Morgan fingerprint density at radius 2 is 1.74 bits per heavy atom. The van der Waals surface area contributed by atoms with Crippen molar-refractivity contribution < 1.29 is 9.53 Å². The Bertz CT molecular complexity index is 696. The van der Waals surface area contributed by atoms with E-state index in [1.807, 2.05) is 6.07 Å². The zero-order valence-electron chi connectivity index (χ0n) is 16.7. The Morgan fingerprint density at radius 1 is 1.07 bits per heavy atom. The molecule has 0 radical (unpaired) electrons. The van der Waals surface area contributed by atoms with Crippen LogP contribution in [-0.2, 0) is 4.79 Å². The third-order valence-electron chi connectivity index (χ3n) is 7.91. The first kappa shape index (κ1) is 17.5. The topological polar surface area (TPSA) is 32.8 Å². The summed E-state index contributed by atoms with van der Waals surface area (Å²) >= 11 is 0. The maximum Gasteiger partial charge on any atom is 0.228 e. The van der Waals surface area contributed by atoms with Gasteiger partial charge in [-0.15, -0.1) is 0 Å². The molecule has 27 heavy (non-hydrogen) atoms. The van der Waals surface area contributed by atoms with E-state index in [9.17, 15) is 4.79 Å². The van der Waals surface area contributed by atoms with Gasteiger partial charge in [0.2, 0.25) is 5.91 Å². The Hall–Kier alpha value is -1.55. The average molecular weight is 369 g/mol. The molecule has 146 valence electrons. The summed E-state index contributed by atoms with van der Waals surface area (Å²) in [6, 6.07) is 8.60. The number of ether oxygens (including phenoxy) is 1. The molecular formula is C23H32N2O2. The fourth-order valence-electron chi connectivity index (χ4n) is 6.97. The molecule has 0 spiro atoms. The second-order valence-corrected chi connectivity index (χ2v) is 9.72. The number of likely N-dealkylation sites (N-methyl/N-ethyl adjacent to an activating group) is 1. The summed E-state index contributed by atoms with van der Waals surface area (Å²) in [5.41, 5.74) is 1.23. The molecule has 4 aliphatic carbocycles. The van der Waals surface area contributed by atoms with Gasteiger partial charge in [0, 0.05) is 19.6 Å². The second kappa shape index (κ2) is 6.51. The summed E-state index contributed by atoms with van der Waals surface area (Å²) in [7, 11) is 3.89. The third-order valence-corrected chi connectivity index (χ3v) is 7.91. The minimum absolute atomic E-state index is 0.0242. The SMILES string of the molecule is COc1cccc(C2CN(C(=O)C34CC5CC(CC(C5)C3)C4)CCN2C)c1. The number of nitrogens with zero attached hydrogens (tertiary/aromatic N) is 2. The molecule has 5 aliphatic rings. The zero-order chi connectivity index (χ0) is 18.6. The van der Waals surface area contributed by atoms with E-state index < -0.39 is 0 Å². The standard InChI is InChI=1S/C23H32N2O2/c1-24-6-7-25(15-21(24)19-4-3-5-20(11-19)27-2)22(26)23-12-16-8-17(13-23)10-18(9-16)14-23/h3-5,11,16-18,21H,6-10,12-15H2,1-2H3. The molecule has 4 saturated carbocycles. The van der Waals surface area contributed by atoms with Crippen molar-refractivity contribution in [2.24, 2.45) is 23.2 Å². The normalized spacial score (nSPS) is 38.2. The maximum absolute atomic E-state index is 13.7. The van der Waals surface area contributed by atoms with Gasteiger partial charge in [0.25, 0.3) is 0 Å². The summed E-state index contributed by atoms with van der Waals surface area (Å²) in [5, 5.41) is 0. The van der Waals surface area contributed by atoms with Crippen molar-refractivity contribution in [1.29, 1.82) is 0 Å². The van der Waals surface area contributed by atoms with Gasteiger partial charge in [0.05, 0.1) is 18.6 Å². The van der Waals surface area contributed by atoms with Crippen molar-refractivity contribution in [3.63, 3.8) is 0 Å². The summed E-state index contributed by atoms with van der Waals surface area (Å²) in [6.45, 7) is 2.63. The molecule has 1 atom stereocenters. The molecule has 0 N–H and O–H groups in total. The van der Waals surface area contributed by atoms with Gasteiger partial charge in [-0.2, -0.15) is 0 Å². The molecule has 1 saturated heterocycles. The lowest BCUT2D eigenvalue weighted by molar-refractivity contribution is -0.160. The molecule has 0 aromatic heterocycles. The fraction of sp³-hybridized carbons (Fsp3) is 0.696. The lowest BCUT2D eigenvalue weighted by atomic mass is 9.49. The molecule has 6 rings (SSSR count). The van der Waals surface area contributed by atoms with Crippen LogP contribution in [0.4, 0.5) is 0 Å². The van der Waals surface area contributed by atoms with Gasteiger partial charge in [-0.3, -0.25) is 9.69 Å². The molecule has 1 amide bonds. The molecule has 4 heteroatoms. The van der Waals surface area contributed by atoms with Crippen LogP contribution in [-0.4, -0.2) is 49.5 Å². The number of rotatable bonds is 3. The van der Waals surface area contributed by atoms with Gasteiger partial charge < -0.3 is 9.64 Å². The van der Waals surface area contributed by atoms with Crippen LogP contribution in [0.25, 0.3) is 0 Å². The van der Waals surface area contributed by atoms with E-state index in [1.165, 1.54) is 24.8 Å². The van der Waals surface area contributed by atoms with Crippen molar-refractivity contribution in [1.82, 2.24) is 9.80 Å². The number of piperazine rings is 1. The molecule has 4 nitrogen and oxygen atoms in total. The number of benzene rings is 1. The molecule has 1 aromatic rings. The van der Waals surface area contributed by atoms with Crippen LogP contribution in [0.15, 0.2) is 24.3 Å². The number of carbonyl (C=O) groups is 1. The minimum atomic E-state index is -0.0242. The molecule has 1 aliphatic heterocycles. The van der Waals surface area contributed by atoms with Crippen LogP contribution < -0.4 is 4.74 Å². The van der Waals surface area contributed by atoms with E-state index in [0.29, 0.717) is 5.91 Å². The first-order valence-corrected chi connectivity index (χ1v) is 10.7. The number of hydrogen-bond donors (Lipinski definition) is 0. The largest absolute Gasteiger partial charge is 0.497 e. The van der Waals surface area contributed by atoms with E-state index in [1.54, 1.807) is 7.11 Å². The highest BCUT2D eigenvalue weighted by atomic mass is 16.5.